The van der Waals surface area contributed by atoms with Crippen LogP contribution in [0.25, 0.3) is 0 Å². The highest BCUT2D eigenvalue weighted by molar-refractivity contribution is 14.0. The highest BCUT2D eigenvalue weighted by Crippen LogP contribution is 2.18. The van der Waals surface area contributed by atoms with Gasteiger partial charge in [-0.2, -0.15) is 0 Å². The number of nitrogens with zero attached hydrogens (tertiary/aromatic N) is 1. The summed E-state index contributed by atoms with van der Waals surface area (Å²) < 4.78 is 0. The van der Waals surface area contributed by atoms with Gasteiger partial charge in [-0.05, 0) is 50.8 Å². The fourth-order valence-corrected chi connectivity index (χ4v) is 2.13. The molecule has 0 bridgehead atoms. The minimum Gasteiger partial charge on any atom is -0.357 e. The second kappa shape index (κ2) is 10.5. The third-order valence-electron chi connectivity index (χ3n) is 3.86. The molecular formula is C18H29IN4O. The second-order valence-corrected chi connectivity index (χ2v) is 6.10. The summed E-state index contributed by atoms with van der Waals surface area (Å²) in [6.45, 7) is 7.54. The van der Waals surface area contributed by atoms with Crippen molar-refractivity contribution in [2.75, 3.05) is 6.54 Å². The molecule has 3 N–H and O–H groups in total. The molecule has 1 aliphatic rings. The predicted octanol–water partition coefficient (Wildman–Crippen LogP) is 3.05. The lowest BCUT2D eigenvalue weighted by atomic mass is 10.1. The van der Waals surface area contributed by atoms with Crippen molar-refractivity contribution in [3.05, 3.63) is 35.4 Å². The molecule has 1 aromatic rings. The Morgan fingerprint density at radius 1 is 1.33 bits per heavy atom. The third-order valence-corrected chi connectivity index (χ3v) is 3.86. The lowest BCUT2D eigenvalue weighted by Gasteiger charge is -2.12. The number of nitrogens with one attached hydrogen (secondary N) is 3. The SMILES string of the molecule is CCNC(=NCc1cccc(C(=O)NC(C)CC)c1)NC1CC1.I. The number of carbonyl (C=O) groups is 1. The molecule has 2 rings (SSSR count). The van der Waals surface area contributed by atoms with Crippen molar-refractivity contribution >= 4 is 35.8 Å². The highest BCUT2D eigenvalue weighted by Gasteiger charge is 2.22. The van der Waals surface area contributed by atoms with Crippen LogP contribution in [0.15, 0.2) is 29.3 Å². The van der Waals surface area contributed by atoms with E-state index in [9.17, 15) is 4.79 Å². The van der Waals surface area contributed by atoms with Crippen LogP contribution in [0.2, 0.25) is 0 Å². The van der Waals surface area contributed by atoms with Gasteiger partial charge in [-0.25, -0.2) is 4.99 Å². The molecule has 1 aliphatic carbocycles. The van der Waals surface area contributed by atoms with Crippen LogP contribution < -0.4 is 16.0 Å². The fourth-order valence-electron chi connectivity index (χ4n) is 2.13. The molecule has 1 fully saturated rings. The fraction of sp³-hybridized carbons (Fsp3) is 0.556. The number of amides is 1. The number of benzene rings is 1. The zero-order valence-corrected chi connectivity index (χ0v) is 17.1. The molecule has 5 nitrogen and oxygen atoms in total. The Kier molecular flexibility index (Phi) is 9.10. The number of carbonyl (C=O) groups excluding carboxylic acids is 1. The van der Waals surface area contributed by atoms with E-state index in [-0.39, 0.29) is 35.9 Å². The molecule has 0 aliphatic heterocycles. The van der Waals surface area contributed by atoms with E-state index in [1.165, 1.54) is 12.8 Å². The molecule has 1 amide bonds. The summed E-state index contributed by atoms with van der Waals surface area (Å²) in [5, 5.41) is 9.64. The van der Waals surface area contributed by atoms with Crippen molar-refractivity contribution in [2.45, 2.75) is 58.7 Å². The topological polar surface area (TPSA) is 65.5 Å². The summed E-state index contributed by atoms with van der Waals surface area (Å²) in [6, 6.07) is 8.44. The van der Waals surface area contributed by atoms with Crippen LogP contribution in [0.4, 0.5) is 0 Å². The maximum absolute atomic E-state index is 12.2. The summed E-state index contributed by atoms with van der Waals surface area (Å²) in [6.07, 6.45) is 3.36. The van der Waals surface area contributed by atoms with Gasteiger partial charge in [-0.1, -0.05) is 19.1 Å². The van der Waals surface area contributed by atoms with E-state index >= 15 is 0 Å². The Morgan fingerprint density at radius 3 is 2.71 bits per heavy atom. The standard InChI is InChI=1S/C18H28N4O.HI/c1-4-13(3)21-17(23)15-8-6-7-14(11-15)12-20-18(19-5-2)22-16-9-10-16;/h6-8,11,13,16H,4-5,9-10,12H2,1-3H3,(H,21,23)(H2,19,20,22);1H. The van der Waals surface area contributed by atoms with Crippen LogP contribution >= 0.6 is 24.0 Å². The van der Waals surface area contributed by atoms with Gasteiger partial charge < -0.3 is 16.0 Å². The first-order valence-corrected chi connectivity index (χ1v) is 8.57. The molecule has 0 aromatic heterocycles. The summed E-state index contributed by atoms with van der Waals surface area (Å²) in [7, 11) is 0. The van der Waals surface area contributed by atoms with Crippen LogP contribution in [0.3, 0.4) is 0 Å². The molecule has 0 spiro atoms. The molecule has 24 heavy (non-hydrogen) atoms. The Morgan fingerprint density at radius 2 is 2.08 bits per heavy atom. The summed E-state index contributed by atoms with van der Waals surface area (Å²) in [4.78, 5) is 16.8. The molecule has 0 radical (unpaired) electrons. The normalized spacial score (nSPS) is 15.2. The third kappa shape index (κ3) is 7.07. The van der Waals surface area contributed by atoms with E-state index < -0.39 is 0 Å². The molecule has 0 saturated heterocycles. The zero-order chi connectivity index (χ0) is 16.7. The van der Waals surface area contributed by atoms with Gasteiger partial charge in [0.15, 0.2) is 5.96 Å². The van der Waals surface area contributed by atoms with Crippen LogP contribution in [0, 0.1) is 0 Å². The minimum absolute atomic E-state index is 0. The van der Waals surface area contributed by atoms with Crippen LogP contribution in [-0.2, 0) is 6.54 Å². The average Bonchev–Trinajstić information content (AvgIpc) is 3.37. The number of hydrogen-bond acceptors (Lipinski definition) is 2. The van der Waals surface area contributed by atoms with Gasteiger partial charge in [0.2, 0.25) is 0 Å². The van der Waals surface area contributed by atoms with Crippen LogP contribution in [0.1, 0.15) is 56.0 Å². The van der Waals surface area contributed by atoms with E-state index in [4.69, 9.17) is 0 Å². The van der Waals surface area contributed by atoms with E-state index in [1.807, 2.05) is 31.2 Å². The quantitative estimate of drug-likeness (QED) is 0.344. The zero-order valence-electron chi connectivity index (χ0n) is 14.8. The van der Waals surface area contributed by atoms with E-state index in [1.54, 1.807) is 0 Å². The van der Waals surface area contributed by atoms with Gasteiger partial charge in [-0.3, -0.25) is 4.79 Å². The molecule has 6 heteroatoms. The first kappa shape index (κ1) is 20.7. The summed E-state index contributed by atoms with van der Waals surface area (Å²) in [5.41, 5.74) is 1.73. The van der Waals surface area contributed by atoms with Gasteiger partial charge in [0.05, 0.1) is 6.54 Å². The van der Waals surface area contributed by atoms with Gasteiger partial charge in [0, 0.05) is 24.2 Å². The van der Waals surface area contributed by atoms with Crippen molar-refractivity contribution in [3.8, 4) is 0 Å². The highest BCUT2D eigenvalue weighted by atomic mass is 127. The van der Waals surface area contributed by atoms with Gasteiger partial charge in [0.1, 0.15) is 0 Å². The van der Waals surface area contributed by atoms with Crippen LogP contribution in [0.5, 0.6) is 0 Å². The van der Waals surface area contributed by atoms with Gasteiger partial charge in [-0.15, -0.1) is 24.0 Å². The van der Waals surface area contributed by atoms with Crippen molar-refractivity contribution in [1.29, 1.82) is 0 Å². The number of rotatable bonds is 7. The molecule has 1 unspecified atom stereocenters. The summed E-state index contributed by atoms with van der Waals surface area (Å²) in [5.74, 6) is 0.831. The van der Waals surface area contributed by atoms with Crippen molar-refractivity contribution in [1.82, 2.24) is 16.0 Å². The Bertz CT molecular complexity index is 558. The first-order chi connectivity index (χ1) is 11.1. The molecule has 134 valence electrons. The van der Waals surface area contributed by atoms with Gasteiger partial charge in [0.25, 0.3) is 5.91 Å². The molecule has 1 saturated carbocycles. The number of halogens is 1. The Labute approximate surface area is 162 Å². The van der Waals surface area contributed by atoms with E-state index in [0.717, 1.165) is 24.5 Å². The van der Waals surface area contributed by atoms with Crippen molar-refractivity contribution < 1.29 is 4.79 Å². The lowest BCUT2D eigenvalue weighted by molar-refractivity contribution is 0.0939. The molecular weight excluding hydrogens is 415 g/mol. The first-order valence-electron chi connectivity index (χ1n) is 8.57. The second-order valence-electron chi connectivity index (χ2n) is 6.10. The molecule has 0 heterocycles. The molecule has 1 atom stereocenters. The maximum atomic E-state index is 12.2. The predicted molar refractivity (Wildman–Crippen MR) is 110 cm³/mol. The molecule has 1 aromatic carbocycles. The van der Waals surface area contributed by atoms with E-state index in [0.29, 0.717) is 18.2 Å². The number of aliphatic imine (C=N–C) groups is 1. The Balaban J connectivity index is 0.00000288. The van der Waals surface area contributed by atoms with E-state index in [2.05, 4.69) is 34.8 Å². The Hall–Kier alpha value is -1.31. The van der Waals surface area contributed by atoms with Gasteiger partial charge >= 0.3 is 0 Å². The largest absolute Gasteiger partial charge is 0.357 e. The lowest BCUT2D eigenvalue weighted by Crippen LogP contribution is -2.38. The van der Waals surface area contributed by atoms with Crippen molar-refractivity contribution in [3.63, 3.8) is 0 Å². The number of hydrogen-bond donors (Lipinski definition) is 3. The van der Waals surface area contributed by atoms with Crippen LogP contribution in [-0.4, -0.2) is 30.5 Å². The van der Waals surface area contributed by atoms with Crippen molar-refractivity contribution in [2.24, 2.45) is 4.99 Å². The monoisotopic (exact) mass is 444 g/mol. The maximum Gasteiger partial charge on any atom is 0.251 e. The number of guanidine groups is 1. The minimum atomic E-state index is -0.0202. The summed E-state index contributed by atoms with van der Waals surface area (Å²) >= 11 is 0. The smallest absolute Gasteiger partial charge is 0.251 e. The average molecular weight is 444 g/mol.